The maximum Gasteiger partial charge on any atom is 0.148 e. The van der Waals surface area contributed by atoms with Gasteiger partial charge in [-0.3, -0.25) is 0 Å². The van der Waals surface area contributed by atoms with Crippen LogP contribution in [-0.4, -0.2) is 41.3 Å². The van der Waals surface area contributed by atoms with Gasteiger partial charge in [-0.05, 0) is 59.0 Å². The summed E-state index contributed by atoms with van der Waals surface area (Å²) in [5, 5.41) is 11.8. The smallest absolute Gasteiger partial charge is 0.148 e. The van der Waals surface area contributed by atoms with Crippen molar-refractivity contribution in [3.05, 3.63) is 17.8 Å². The highest BCUT2D eigenvalue weighted by Crippen LogP contribution is 2.25. The van der Waals surface area contributed by atoms with Crippen molar-refractivity contribution in [2.75, 3.05) is 25.5 Å². The molecule has 2 heterocycles. The van der Waals surface area contributed by atoms with E-state index in [2.05, 4.69) is 47.4 Å². The average Bonchev–Trinajstić information content (AvgIpc) is 2.30. The molecule has 0 aliphatic carbocycles. The number of hydrogen-bond donors (Lipinski definition) is 1. The molecule has 1 aromatic rings. The molecular formula is C13H22N4. The Morgan fingerprint density at radius 2 is 1.94 bits per heavy atom. The van der Waals surface area contributed by atoms with Crippen LogP contribution in [-0.2, 0) is 0 Å². The first-order chi connectivity index (χ1) is 8.15. The molecule has 0 bridgehead atoms. The Labute approximate surface area is 103 Å². The van der Waals surface area contributed by atoms with Crippen molar-refractivity contribution in [1.82, 2.24) is 15.1 Å². The fraction of sp³-hybridized carbons (Fsp3) is 0.692. The number of anilines is 1. The zero-order valence-electron chi connectivity index (χ0n) is 11.0. The molecule has 1 aliphatic heterocycles. The largest absolute Gasteiger partial charge is 0.366 e. The standard InChI is InChI=1S/C13H22N4/c1-10(2)14-13-5-4-12(15-16-13)11-6-8-17(3)9-7-11/h4-5,10-11H,6-9H2,1-3H3,(H,14,16). The van der Waals surface area contributed by atoms with Gasteiger partial charge in [-0.1, -0.05) is 0 Å². The third kappa shape index (κ3) is 3.40. The van der Waals surface area contributed by atoms with Crippen LogP contribution in [0.2, 0.25) is 0 Å². The van der Waals surface area contributed by atoms with Crippen LogP contribution >= 0.6 is 0 Å². The van der Waals surface area contributed by atoms with E-state index in [0.717, 1.165) is 11.5 Å². The van der Waals surface area contributed by atoms with E-state index < -0.39 is 0 Å². The summed E-state index contributed by atoms with van der Waals surface area (Å²) in [7, 11) is 2.18. The van der Waals surface area contributed by atoms with Gasteiger partial charge in [-0.2, -0.15) is 5.10 Å². The van der Waals surface area contributed by atoms with Gasteiger partial charge in [0.2, 0.25) is 0 Å². The molecule has 0 aromatic carbocycles. The molecule has 1 N–H and O–H groups in total. The summed E-state index contributed by atoms with van der Waals surface area (Å²) in [4.78, 5) is 2.37. The second-order valence-electron chi connectivity index (χ2n) is 5.22. The third-order valence-electron chi connectivity index (χ3n) is 3.26. The number of piperidine rings is 1. The van der Waals surface area contributed by atoms with E-state index in [1.54, 1.807) is 0 Å². The van der Waals surface area contributed by atoms with Gasteiger partial charge in [0.1, 0.15) is 5.82 Å². The van der Waals surface area contributed by atoms with E-state index in [1.807, 2.05) is 6.07 Å². The van der Waals surface area contributed by atoms with E-state index in [4.69, 9.17) is 0 Å². The van der Waals surface area contributed by atoms with E-state index in [1.165, 1.54) is 25.9 Å². The van der Waals surface area contributed by atoms with Crippen LogP contribution in [0.25, 0.3) is 0 Å². The molecule has 2 rings (SSSR count). The minimum atomic E-state index is 0.401. The predicted molar refractivity (Wildman–Crippen MR) is 70.3 cm³/mol. The molecule has 1 aromatic heterocycles. The van der Waals surface area contributed by atoms with Crippen molar-refractivity contribution in [3.8, 4) is 0 Å². The fourth-order valence-electron chi connectivity index (χ4n) is 2.24. The molecule has 17 heavy (non-hydrogen) atoms. The Balaban J connectivity index is 1.97. The molecule has 1 aliphatic rings. The highest BCUT2D eigenvalue weighted by atomic mass is 15.2. The summed E-state index contributed by atoms with van der Waals surface area (Å²) in [6.45, 7) is 6.54. The lowest BCUT2D eigenvalue weighted by molar-refractivity contribution is 0.253. The number of rotatable bonds is 3. The van der Waals surface area contributed by atoms with Gasteiger partial charge in [0.25, 0.3) is 0 Å². The van der Waals surface area contributed by atoms with Crippen molar-refractivity contribution < 1.29 is 0 Å². The van der Waals surface area contributed by atoms with Gasteiger partial charge in [0, 0.05) is 12.0 Å². The molecule has 94 valence electrons. The lowest BCUT2D eigenvalue weighted by Crippen LogP contribution is -2.29. The van der Waals surface area contributed by atoms with Crippen LogP contribution in [0, 0.1) is 0 Å². The van der Waals surface area contributed by atoms with Crippen LogP contribution in [0.3, 0.4) is 0 Å². The van der Waals surface area contributed by atoms with Gasteiger partial charge >= 0.3 is 0 Å². The quantitative estimate of drug-likeness (QED) is 0.869. The molecule has 0 amide bonds. The number of aromatic nitrogens is 2. The summed E-state index contributed by atoms with van der Waals surface area (Å²) in [6.07, 6.45) is 2.39. The van der Waals surface area contributed by atoms with Crippen LogP contribution in [0.15, 0.2) is 12.1 Å². The summed E-state index contributed by atoms with van der Waals surface area (Å²) in [5.74, 6) is 1.46. The first-order valence-electron chi connectivity index (χ1n) is 6.44. The number of likely N-dealkylation sites (tertiary alicyclic amines) is 1. The monoisotopic (exact) mass is 234 g/mol. The van der Waals surface area contributed by atoms with Crippen molar-refractivity contribution in [2.24, 2.45) is 0 Å². The maximum absolute atomic E-state index is 4.35. The molecule has 4 heteroatoms. The number of nitrogens with one attached hydrogen (secondary N) is 1. The first kappa shape index (κ1) is 12.3. The fourth-order valence-corrected chi connectivity index (χ4v) is 2.24. The Morgan fingerprint density at radius 1 is 1.24 bits per heavy atom. The maximum atomic E-state index is 4.35. The molecule has 0 atom stereocenters. The van der Waals surface area contributed by atoms with Crippen LogP contribution in [0.4, 0.5) is 5.82 Å². The van der Waals surface area contributed by atoms with E-state index in [0.29, 0.717) is 12.0 Å². The van der Waals surface area contributed by atoms with Gasteiger partial charge < -0.3 is 10.2 Å². The molecule has 0 unspecified atom stereocenters. The molecule has 1 saturated heterocycles. The zero-order chi connectivity index (χ0) is 12.3. The average molecular weight is 234 g/mol. The van der Waals surface area contributed by atoms with Crippen molar-refractivity contribution in [1.29, 1.82) is 0 Å². The van der Waals surface area contributed by atoms with E-state index in [-0.39, 0.29) is 0 Å². The number of hydrogen-bond acceptors (Lipinski definition) is 4. The minimum absolute atomic E-state index is 0.401. The predicted octanol–water partition coefficient (Wildman–Crippen LogP) is 2.11. The summed E-state index contributed by atoms with van der Waals surface area (Å²) < 4.78 is 0. The molecule has 0 saturated carbocycles. The van der Waals surface area contributed by atoms with Gasteiger partial charge in [0.15, 0.2) is 0 Å². The highest BCUT2D eigenvalue weighted by Gasteiger charge is 2.19. The second-order valence-corrected chi connectivity index (χ2v) is 5.22. The first-order valence-corrected chi connectivity index (χ1v) is 6.44. The van der Waals surface area contributed by atoms with Crippen LogP contribution in [0.1, 0.15) is 38.3 Å². The van der Waals surface area contributed by atoms with Gasteiger partial charge in [-0.15, -0.1) is 5.10 Å². The Bertz CT molecular complexity index is 339. The molecular weight excluding hydrogens is 212 g/mol. The molecule has 0 radical (unpaired) electrons. The topological polar surface area (TPSA) is 41.0 Å². The van der Waals surface area contributed by atoms with Gasteiger partial charge in [-0.25, -0.2) is 0 Å². The highest BCUT2D eigenvalue weighted by molar-refractivity contribution is 5.34. The second kappa shape index (κ2) is 5.45. The minimum Gasteiger partial charge on any atom is -0.366 e. The van der Waals surface area contributed by atoms with Crippen molar-refractivity contribution >= 4 is 5.82 Å². The normalized spacial score (nSPS) is 18.6. The Morgan fingerprint density at radius 3 is 2.47 bits per heavy atom. The zero-order valence-corrected chi connectivity index (χ0v) is 11.0. The van der Waals surface area contributed by atoms with Crippen LogP contribution < -0.4 is 5.32 Å². The Kier molecular flexibility index (Phi) is 3.94. The Hall–Kier alpha value is -1.16. The van der Waals surface area contributed by atoms with Gasteiger partial charge in [0.05, 0.1) is 5.69 Å². The summed E-state index contributed by atoms with van der Waals surface area (Å²) in [5.41, 5.74) is 1.15. The molecule has 4 nitrogen and oxygen atoms in total. The van der Waals surface area contributed by atoms with Crippen LogP contribution in [0.5, 0.6) is 0 Å². The molecule has 1 fully saturated rings. The summed E-state index contributed by atoms with van der Waals surface area (Å²) >= 11 is 0. The third-order valence-corrected chi connectivity index (χ3v) is 3.26. The summed E-state index contributed by atoms with van der Waals surface area (Å²) in [6, 6.07) is 4.56. The van der Waals surface area contributed by atoms with E-state index >= 15 is 0 Å². The van der Waals surface area contributed by atoms with Crippen molar-refractivity contribution in [3.63, 3.8) is 0 Å². The lowest BCUT2D eigenvalue weighted by Gasteiger charge is -2.28. The molecule has 0 spiro atoms. The SMILES string of the molecule is CC(C)Nc1ccc(C2CCN(C)CC2)nn1. The van der Waals surface area contributed by atoms with Crippen molar-refractivity contribution in [2.45, 2.75) is 38.6 Å². The number of nitrogens with zero attached hydrogens (tertiary/aromatic N) is 3. The van der Waals surface area contributed by atoms with E-state index in [9.17, 15) is 0 Å². The lowest BCUT2D eigenvalue weighted by atomic mass is 9.94.